The Morgan fingerprint density at radius 1 is 1.32 bits per heavy atom. The first-order valence-electron chi connectivity index (χ1n) is 7.96. The average molecular weight is 262 g/mol. The number of nitrogens with zero attached hydrogens (tertiary/aromatic N) is 3. The first-order chi connectivity index (χ1) is 9.36. The van der Waals surface area contributed by atoms with E-state index in [0.717, 1.165) is 13.1 Å². The quantitative estimate of drug-likeness (QED) is 0.907. The van der Waals surface area contributed by atoms with E-state index in [-0.39, 0.29) is 5.41 Å². The predicted octanol–water partition coefficient (Wildman–Crippen LogP) is 2.81. The van der Waals surface area contributed by atoms with Crippen molar-refractivity contribution in [2.45, 2.75) is 69.7 Å². The number of piperidine rings is 1. The lowest BCUT2D eigenvalue weighted by atomic mass is 9.74. The summed E-state index contributed by atoms with van der Waals surface area (Å²) in [5.74, 6) is 1.28. The molecule has 4 heteroatoms. The van der Waals surface area contributed by atoms with Crippen molar-refractivity contribution >= 4 is 0 Å². The second-order valence-corrected chi connectivity index (χ2v) is 6.28. The van der Waals surface area contributed by atoms with Crippen LogP contribution in [0, 0.1) is 0 Å². The first kappa shape index (κ1) is 13.1. The lowest BCUT2D eigenvalue weighted by Crippen LogP contribution is -2.42. The van der Waals surface area contributed by atoms with Gasteiger partial charge in [-0.1, -0.05) is 26.2 Å². The first-order valence-corrected chi connectivity index (χ1v) is 7.96. The van der Waals surface area contributed by atoms with Gasteiger partial charge in [-0.15, -0.1) is 10.2 Å². The molecule has 0 amide bonds. The minimum atomic E-state index is 0.277. The smallest absolute Gasteiger partial charge is 0.139 e. The minimum absolute atomic E-state index is 0.277. The van der Waals surface area contributed by atoms with E-state index >= 15 is 0 Å². The fourth-order valence-corrected chi connectivity index (χ4v) is 4.04. The van der Waals surface area contributed by atoms with Gasteiger partial charge in [0.05, 0.1) is 0 Å². The maximum absolute atomic E-state index is 4.56. The summed E-state index contributed by atoms with van der Waals surface area (Å²) < 4.78 is 2.42. The fraction of sp³-hybridized carbons (Fsp3) is 0.867. The summed E-state index contributed by atoms with van der Waals surface area (Å²) in [6.07, 6.45) is 12.3. The molecule has 0 unspecified atom stereocenters. The van der Waals surface area contributed by atoms with E-state index in [9.17, 15) is 0 Å². The van der Waals surface area contributed by atoms with E-state index in [2.05, 4.69) is 27.0 Å². The Kier molecular flexibility index (Phi) is 3.87. The summed E-state index contributed by atoms with van der Waals surface area (Å²) in [6.45, 7) is 4.54. The third-order valence-electron chi connectivity index (χ3n) is 5.05. The highest BCUT2D eigenvalue weighted by Crippen LogP contribution is 2.40. The summed E-state index contributed by atoms with van der Waals surface area (Å²) in [5, 5.41) is 12.3. The zero-order chi connectivity index (χ0) is 13.1. The van der Waals surface area contributed by atoms with Gasteiger partial charge in [-0.2, -0.15) is 0 Å². The molecule has 4 nitrogen and oxygen atoms in total. The average Bonchev–Trinajstić information content (AvgIpc) is 3.11. The second-order valence-electron chi connectivity index (χ2n) is 6.28. The van der Waals surface area contributed by atoms with Crippen LogP contribution in [0.4, 0.5) is 0 Å². The van der Waals surface area contributed by atoms with Gasteiger partial charge in [-0.3, -0.25) is 0 Å². The van der Waals surface area contributed by atoms with E-state index in [0.29, 0.717) is 6.04 Å². The summed E-state index contributed by atoms with van der Waals surface area (Å²) in [4.78, 5) is 0. The number of nitrogens with one attached hydrogen (secondary N) is 1. The Balaban J connectivity index is 1.91. The lowest BCUT2D eigenvalue weighted by molar-refractivity contribution is 0.255. The molecule has 0 spiro atoms. The topological polar surface area (TPSA) is 42.7 Å². The maximum atomic E-state index is 4.56. The van der Waals surface area contributed by atoms with Gasteiger partial charge in [-0.25, -0.2) is 0 Å². The van der Waals surface area contributed by atoms with E-state index in [4.69, 9.17) is 0 Å². The lowest BCUT2D eigenvalue weighted by Gasteiger charge is -2.37. The minimum Gasteiger partial charge on any atom is -0.317 e. The van der Waals surface area contributed by atoms with Gasteiger partial charge >= 0.3 is 0 Å². The molecule has 1 aliphatic heterocycles. The molecule has 0 bridgehead atoms. The highest BCUT2D eigenvalue weighted by Gasteiger charge is 2.38. The zero-order valence-electron chi connectivity index (χ0n) is 12.1. The number of rotatable bonds is 4. The summed E-state index contributed by atoms with van der Waals surface area (Å²) >= 11 is 0. The molecule has 0 atom stereocenters. The second kappa shape index (κ2) is 5.61. The largest absolute Gasteiger partial charge is 0.317 e. The van der Waals surface area contributed by atoms with Gasteiger partial charge in [0.25, 0.3) is 0 Å². The Bertz CT molecular complexity index is 395. The van der Waals surface area contributed by atoms with Gasteiger partial charge < -0.3 is 9.88 Å². The maximum Gasteiger partial charge on any atom is 0.139 e. The molecule has 3 rings (SSSR count). The van der Waals surface area contributed by atoms with Crippen LogP contribution in [-0.4, -0.2) is 27.9 Å². The standard InChI is InChI=1S/C15H26N4/c1-2-7-15(8-10-16-11-9-15)14-18-17-12-19(14)13-5-3-4-6-13/h12-13,16H,2-11H2,1H3. The van der Waals surface area contributed by atoms with Crippen molar-refractivity contribution in [3.8, 4) is 0 Å². The van der Waals surface area contributed by atoms with Crippen LogP contribution in [0.2, 0.25) is 0 Å². The monoisotopic (exact) mass is 262 g/mol. The van der Waals surface area contributed by atoms with E-state index in [1.54, 1.807) is 0 Å². The summed E-state index contributed by atoms with van der Waals surface area (Å²) in [7, 11) is 0. The molecule has 2 aliphatic rings. The van der Waals surface area contributed by atoms with Gasteiger partial charge in [0.2, 0.25) is 0 Å². The SMILES string of the molecule is CCCC1(c2nncn2C2CCCC2)CCNCC1. The molecule has 2 heterocycles. The molecule has 1 aliphatic carbocycles. The van der Waals surface area contributed by atoms with Crippen molar-refractivity contribution in [1.29, 1.82) is 0 Å². The molecule has 2 fully saturated rings. The van der Waals surface area contributed by atoms with Crippen LogP contribution in [0.5, 0.6) is 0 Å². The molecule has 1 aromatic rings. The van der Waals surface area contributed by atoms with Crippen LogP contribution in [0.3, 0.4) is 0 Å². The van der Waals surface area contributed by atoms with Crippen LogP contribution in [0.1, 0.15) is 70.2 Å². The molecule has 0 radical (unpaired) electrons. The van der Waals surface area contributed by atoms with Gasteiger partial charge in [0.1, 0.15) is 12.2 Å². The molecular formula is C15H26N4. The Hall–Kier alpha value is -0.900. The molecular weight excluding hydrogens is 236 g/mol. The molecule has 0 aromatic carbocycles. The molecule has 19 heavy (non-hydrogen) atoms. The van der Waals surface area contributed by atoms with Crippen LogP contribution >= 0.6 is 0 Å². The Morgan fingerprint density at radius 2 is 2.05 bits per heavy atom. The van der Waals surface area contributed by atoms with Crippen LogP contribution in [0.25, 0.3) is 0 Å². The molecule has 1 saturated heterocycles. The molecule has 1 saturated carbocycles. The Morgan fingerprint density at radius 3 is 2.74 bits per heavy atom. The van der Waals surface area contributed by atoms with Gasteiger partial charge in [-0.05, 0) is 45.2 Å². The fourth-order valence-electron chi connectivity index (χ4n) is 4.04. The van der Waals surface area contributed by atoms with E-state index < -0.39 is 0 Å². The van der Waals surface area contributed by atoms with Crippen LogP contribution < -0.4 is 5.32 Å². The van der Waals surface area contributed by atoms with Gasteiger partial charge in [0.15, 0.2) is 0 Å². The van der Waals surface area contributed by atoms with Crippen molar-refractivity contribution in [2.24, 2.45) is 0 Å². The van der Waals surface area contributed by atoms with Crippen LogP contribution in [0.15, 0.2) is 6.33 Å². The van der Waals surface area contributed by atoms with Crippen molar-refractivity contribution < 1.29 is 0 Å². The highest BCUT2D eigenvalue weighted by atomic mass is 15.3. The van der Waals surface area contributed by atoms with Crippen molar-refractivity contribution in [3.63, 3.8) is 0 Å². The third-order valence-corrected chi connectivity index (χ3v) is 5.05. The number of hydrogen-bond acceptors (Lipinski definition) is 3. The highest BCUT2D eigenvalue weighted by molar-refractivity contribution is 5.11. The summed E-state index contributed by atoms with van der Waals surface area (Å²) in [5.41, 5.74) is 0.277. The third kappa shape index (κ3) is 2.42. The molecule has 1 N–H and O–H groups in total. The van der Waals surface area contributed by atoms with Crippen molar-refractivity contribution in [1.82, 2.24) is 20.1 Å². The van der Waals surface area contributed by atoms with Crippen molar-refractivity contribution in [2.75, 3.05) is 13.1 Å². The van der Waals surface area contributed by atoms with E-state index in [1.165, 1.54) is 57.2 Å². The normalized spacial score (nSPS) is 23.8. The molecule has 106 valence electrons. The Labute approximate surface area is 116 Å². The summed E-state index contributed by atoms with van der Waals surface area (Å²) in [6, 6.07) is 0.661. The predicted molar refractivity (Wildman–Crippen MR) is 76.2 cm³/mol. The van der Waals surface area contributed by atoms with Gasteiger partial charge in [0, 0.05) is 11.5 Å². The van der Waals surface area contributed by atoms with Crippen LogP contribution in [-0.2, 0) is 5.41 Å². The zero-order valence-corrected chi connectivity index (χ0v) is 12.1. The number of hydrogen-bond donors (Lipinski definition) is 1. The van der Waals surface area contributed by atoms with E-state index in [1.807, 2.05) is 6.33 Å². The van der Waals surface area contributed by atoms with Crippen molar-refractivity contribution in [3.05, 3.63) is 12.2 Å². The number of aromatic nitrogens is 3. The molecule has 1 aromatic heterocycles.